The minimum Gasteiger partial charge on any atom is -0.507 e. The molecule has 3 N–H and O–H groups in total. The Balaban J connectivity index is 2.15. The number of tetrazole rings is 1. The molecule has 1 amide bonds. The zero-order valence-electron chi connectivity index (χ0n) is 10.0. The fourth-order valence-corrected chi connectivity index (χ4v) is 1.53. The van der Waals surface area contributed by atoms with Gasteiger partial charge < -0.3 is 10.4 Å². The molecular weight excluding hydrogens is 234 g/mol. The Hall–Kier alpha value is -2.44. The van der Waals surface area contributed by atoms with Crippen LogP contribution in [-0.4, -0.2) is 31.6 Å². The van der Waals surface area contributed by atoms with E-state index in [1.165, 1.54) is 0 Å². The number of rotatable bonds is 3. The summed E-state index contributed by atoms with van der Waals surface area (Å²) in [5.41, 5.74) is 0.875. The zero-order chi connectivity index (χ0) is 13.1. The number of hydrogen-bond donors (Lipinski definition) is 3. The van der Waals surface area contributed by atoms with Gasteiger partial charge in [-0.15, -0.1) is 10.2 Å². The Morgan fingerprint density at radius 2 is 2.28 bits per heavy atom. The second-order valence-electron chi connectivity index (χ2n) is 3.94. The first kappa shape index (κ1) is 12.0. The van der Waals surface area contributed by atoms with Crippen molar-refractivity contribution in [3.8, 4) is 5.75 Å². The van der Waals surface area contributed by atoms with E-state index in [1.54, 1.807) is 32.0 Å². The maximum absolute atomic E-state index is 12.0. The number of phenolic OH excluding ortho intramolecular Hbond substituents is 1. The number of amides is 1. The monoisotopic (exact) mass is 247 g/mol. The molecule has 0 aliphatic heterocycles. The Morgan fingerprint density at radius 1 is 1.50 bits per heavy atom. The van der Waals surface area contributed by atoms with Gasteiger partial charge in [0, 0.05) is 0 Å². The average molecular weight is 247 g/mol. The van der Waals surface area contributed by atoms with Crippen LogP contribution >= 0.6 is 0 Å². The molecule has 7 heteroatoms. The molecule has 18 heavy (non-hydrogen) atoms. The van der Waals surface area contributed by atoms with Crippen molar-refractivity contribution in [2.75, 3.05) is 0 Å². The predicted molar refractivity (Wildman–Crippen MR) is 62.9 cm³/mol. The van der Waals surface area contributed by atoms with Gasteiger partial charge in [-0.25, -0.2) is 0 Å². The van der Waals surface area contributed by atoms with Crippen molar-refractivity contribution in [3.63, 3.8) is 0 Å². The summed E-state index contributed by atoms with van der Waals surface area (Å²) in [4.78, 5) is 12.0. The number of H-pyrrole nitrogens is 1. The summed E-state index contributed by atoms with van der Waals surface area (Å²) in [6.07, 6.45) is 0. The summed E-state index contributed by atoms with van der Waals surface area (Å²) >= 11 is 0. The largest absolute Gasteiger partial charge is 0.507 e. The highest BCUT2D eigenvalue weighted by Crippen LogP contribution is 2.21. The number of aromatic amines is 1. The van der Waals surface area contributed by atoms with E-state index in [1.807, 2.05) is 0 Å². The maximum atomic E-state index is 12.0. The number of carbonyl (C=O) groups is 1. The fourth-order valence-electron chi connectivity index (χ4n) is 1.53. The molecule has 2 rings (SSSR count). The molecule has 1 unspecified atom stereocenters. The normalized spacial score (nSPS) is 12.1. The Kier molecular flexibility index (Phi) is 3.22. The molecule has 0 spiro atoms. The molecule has 7 nitrogen and oxygen atoms in total. The fraction of sp³-hybridized carbons (Fsp3) is 0.273. The van der Waals surface area contributed by atoms with Crippen LogP contribution in [0.15, 0.2) is 18.2 Å². The Bertz CT molecular complexity index is 553. The number of benzene rings is 1. The maximum Gasteiger partial charge on any atom is 0.255 e. The lowest BCUT2D eigenvalue weighted by atomic mass is 10.1. The number of nitrogens with zero attached hydrogens (tertiary/aromatic N) is 3. The van der Waals surface area contributed by atoms with Crippen molar-refractivity contribution in [1.82, 2.24) is 25.9 Å². The van der Waals surface area contributed by atoms with Crippen LogP contribution in [0.25, 0.3) is 0 Å². The Morgan fingerprint density at radius 3 is 2.94 bits per heavy atom. The average Bonchev–Trinajstić information content (AvgIpc) is 2.86. The van der Waals surface area contributed by atoms with Crippen molar-refractivity contribution in [2.45, 2.75) is 19.9 Å². The molecule has 0 aliphatic rings. The highest BCUT2D eigenvalue weighted by atomic mass is 16.3. The Labute approximate surface area is 103 Å². The SMILES string of the molecule is Cc1cccc(C(=O)NC(C)c2nn[nH]n2)c1O. The van der Waals surface area contributed by atoms with Gasteiger partial charge in [0.1, 0.15) is 5.75 Å². The summed E-state index contributed by atoms with van der Waals surface area (Å²) in [5, 5.41) is 25.8. The molecule has 1 atom stereocenters. The zero-order valence-corrected chi connectivity index (χ0v) is 10.0. The number of nitrogens with one attached hydrogen (secondary N) is 2. The van der Waals surface area contributed by atoms with E-state index in [0.717, 1.165) is 0 Å². The summed E-state index contributed by atoms with van der Waals surface area (Å²) < 4.78 is 0. The van der Waals surface area contributed by atoms with Crippen molar-refractivity contribution in [1.29, 1.82) is 0 Å². The molecule has 94 valence electrons. The lowest BCUT2D eigenvalue weighted by molar-refractivity contribution is 0.0935. The van der Waals surface area contributed by atoms with E-state index < -0.39 is 6.04 Å². The van der Waals surface area contributed by atoms with Crippen LogP contribution in [0.1, 0.15) is 34.7 Å². The molecule has 0 radical (unpaired) electrons. The topological polar surface area (TPSA) is 104 Å². The molecule has 0 aliphatic carbocycles. The van der Waals surface area contributed by atoms with Crippen LogP contribution in [0.4, 0.5) is 0 Å². The molecule has 1 aromatic carbocycles. The second-order valence-corrected chi connectivity index (χ2v) is 3.94. The molecule has 0 fully saturated rings. The van der Waals surface area contributed by atoms with Gasteiger partial charge >= 0.3 is 0 Å². The van der Waals surface area contributed by atoms with Crippen molar-refractivity contribution >= 4 is 5.91 Å². The van der Waals surface area contributed by atoms with E-state index in [2.05, 4.69) is 25.9 Å². The minimum atomic E-state index is -0.392. The molecule has 0 saturated carbocycles. The predicted octanol–water partition coefficient (Wildman–Crippen LogP) is 0.705. The van der Waals surface area contributed by atoms with Crippen molar-refractivity contribution in [2.24, 2.45) is 0 Å². The number of aromatic hydroxyl groups is 1. The molecular formula is C11H13N5O2. The third-order valence-corrected chi connectivity index (χ3v) is 2.58. The molecule has 0 saturated heterocycles. The van der Waals surface area contributed by atoms with Crippen LogP contribution in [-0.2, 0) is 0 Å². The van der Waals surface area contributed by atoms with Crippen LogP contribution in [0.3, 0.4) is 0 Å². The quantitative estimate of drug-likeness (QED) is 0.740. The summed E-state index contributed by atoms with van der Waals surface area (Å²) in [6, 6.07) is 4.61. The van der Waals surface area contributed by atoms with Gasteiger partial charge in [-0.05, 0) is 25.5 Å². The van der Waals surface area contributed by atoms with Gasteiger partial charge in [0.05, 0.1) is 11.6 Å². The lowest BCUT2D eigenvalue weighted by Gasteiger charge is -2.11. The van der Waals surface area contributed by atoms with E-state index in [9.17, 15) is 9.90 Å². The van der Waals surface area contributed by atoms with Gasteiger partial charge in [-0.1, -0.05) is 17.3 Å². The number of aryl methyl sites for hydroxylation is 1. The number of phenols is 1. The molecule has 2 aromatic rings. The molecule has 1 heterocycles. The van der Waals surface area contributed by atoms with Gasteiger partial charge in [0.25, 0.3) is 5.91 Å². The van der Waals surface area contributed by atoms with Crippen molar-refractivity contribution < 1.29 is 9.90 Å². The van der Waals surface area contributed by atoms with Crippen molar-refractivity contribution in [3.05, 3.63) is 35.2 Å². The molecule has 0 bridgehead atoms. The van der Waals surface area contributed by atoms with Crippen LogP contribution in [0.2, 0.25) is 0 Å². The third-order valence-electron chi connectivity index (χ3n) is 2.58. The van der Waals surface area contributed by atoms with E-state index >= 15 is 0 Å². The summed E-state index contributed by atoms with van der Waals surface area (Å²) in [6.45, 7) is 3.46. The van der Waals surface area contributed by atoms with E-state index in [-0.39, 0.29) is 17.2 Å². The highest BCUT2D eigenvalue weighted by molar-refractivity contribution is 5.97. The van der Waals surface area contributed by atoms with Gasteiger partial charge in [0.2, 0.25) is 0 Å². The molecule has 1 aromatic heterocycles. The first-order valence-electron chi connectivity index (χ1n) is 5.42. The number of hydrogen-bond acceptors (Lipinski definition) is 5. The van der Waals surface area contributed by atoms with Crippen LogP contribution in [0.5, 0.6) is 5.75 Å². The first-order valence-corrected chi connectivity index (χ1v) is 5.42. The highest BCUT2D eigenvalue weighted by Gasteiger charge is 2.17. The number of carbonyl (C=O) groups excluding carboxylic acids is 1. The van der Waals surface area contributed by atoms with Gasteiger partial charge in [0.15, 0.2) is 5.82 Å². The standard InChI is InChI=1S/C11H13N5O2/c1-6-4-3-5-8(9(6)17)11(18)12-7(2)10-13-15-16-14-10/h3-5,7,17H,1-2H3,(H,12,18)(H,13,14,15,16). The van der Waals surface area contributed by atoms with E-state index in [4.69, 9.17) is 0 Å². The second kappa shape index (κ2) is 4.82. The third kappa shape index (κ3) is 2.29. The summed E-state index contributed by atoms with van der Waals surface area (Å²) in [5.74, 6) is -0.0145. The number of para-hydroxylation sites is 1. The smallest absolute Gasteiger partial charge is 0.255 e. The summed E-state index contributed by atoms with van der Waals surface area (Å²) in [7, 11) is 0. The van der Waals surface area contributed by atoms with Crippen LogP contribution < -0.4 is 5.32 Å². The van der Waals surface area contributed by atoms with E-state index in [0.29, 0.717) is 11.4 Å². The van der Waals surface area contributed by atoms with Gasteiger partial charge in [-0.3, -0.25) is 4.79 Å². The minimum absolute atomic E-state index is 0.0182. The lowest BCUT2D eigenvalue weighted by Crippen LogP contribution is -2.27. The number of aromatic nitrogens is 4. The first-order chi connectivity index (χ1) is 8.59. The van der Waals surface area contributed by atoms with Crippen LogP contribution in [0, 0.1) is 6.92 Å². The van der Waals surface area contributed by atoms with Gasteiger partial charge in [-0.2, -0.15) is 5.21 Å².